The van der Waals surface area contributed by atoms with E-state index in [1.807, 2.05) is 0 Å². The zero-order valence-corrected chi connectivity index (χ0v) is 21.3. The number of hydrogen-bond acceptors (Lipinski definition) is 7. The fraction of sp³-hybridized carbons (Fsp3) is 0.593. The summed E-state index contributed by atoms with van der Waals surface area (Å²) in [5.41, 5.74) is -1.19. The van der Waals surface area contributed by atoms with Crippen molar-refractivity contribution in [1.82, 2.24) is 14.9 Å². The van der Waals surface area contributed by atoms with Crippen molar-refractivity contribution in [2.24, 2.45) is 17.8 Å². The van der Waals surface area contributed by atoms with Gasteiger partial charge in [-0.3, -0.25) is 4.79 Å². The molecule has 1 aliphatic carbocycles. The van der Waals surface area contributed by atoms with Crippen LogP contribution in [0, 0.1) is 29.4 Å². The number of aromatic nitrogens is 2. The van der Waals surface area contributed by atoms with Gasteiger partial charge in [-0.05, 0) is 50.4 Å². The van der Waals surface area contributed by atoms with E-state index in [1.54, 1.807) is 26.4 Å². The molecule has 1 amide bonds. The zero-order valence-electron chi connectivity index (χ0n) is 21.3. The third kappa shape index (κ3) is 5.95. The summed E-state index contributed by atoms with van der Waals surface area (Å²) in [6.45, 7) is 4.24. The SMILES string of the molecule is COc1cnc(N2CCC(C3CC3CCOc3cc(F)c(CC(=O)N4CC(C)(O)C4)c(F)c3)CC2)nc1. The van der Waals surface area contributed by atoms with Crippen LogP contribution in [0.2, 0.25) is 0 Å². The van der Waals surface area contributed by atoms with Gasteiger partial charge in [0.15, 0.2) is 5.75 Å². The Morgan fingerprint density at radius 1 is 1.14 bits per heavy atom. The Labute approximate surface area is 215 Å². The first-order valence-corrected chi connectivity index (χ1v) is 12.9. The Bertz CT molecular complexity index is 1090. The molecule has 3 aliphatic rings. The van der Waals surface area contributed by atoms with Gasteiger partial charge < -0.3 is 24.4 Å². The van der Waals surface area contributed by atoms with Gasteiger partial charge in [0, 0.05) is 30.8 Å². The van der Waals surface area contributed by atoms with E-state index >= 15 is 0 Å². The van der Waals surface area contributed by atoms with Crippen molar-refractivity contribution in [2.45, 2.75) is 44.6 Å². The number of carbonyl (C=O) groups excluding carboxylic acids is 1. The molecular weight excluding hydrogens is 482 g/mol. The number of benzene rings is 1. The predicted octanol–water partition coefficient (Wildman–Crippen LogP) is 3.22. The van der Waals surface area contributed by atoms with Crippen molar-refractivity contribution in [3.63, 3.8) is 0 Å². The number of β-amino-alcohol motifs (C(OH)–C–C–N with tert-alkyl or cyclic N) is 1. The van der Waals surface area contributed by atoms with Crippen LogP contribution >= 0.6 is 0 Å². The van der Waals surface area contributed by atoms with Gasteiger partial charge >= 0.3 is 0 Å². The molecule has 0 bridgehead atoms. The molecule has 0 radical (unpaired) electrons. The van der Waals surface area contributed by atoms with Crippen molar-refractivity contribution >= 4 is 11.9 Å². The average molecular weight is 517 g/mol. The molecule has 2 atom stereocenters. The van der Waals surface area contributed by atoms with Crippen molar-refractivity contribution in [3.8, 4) is 11.5 Å². The predicted molar refractivity (Wildman–Crippen MR) is 132 cm³/mol. The van der Waals surface area contributed by atoms with Crippen LogP contribution in [0.5, 0.6) is 11.5 Å². The standard InChI is InChI=1S/C27H34F2N4O4/c1-27(35)15-33(16-27)25(34)12-22-23(28)10-19(11-24(22)29)37-8-5-18-9-21(18)17-3-6-32(7-4-17)26-30-13-20(36-2)14-31-26/h10-11,13-14,17-18,21,35H,3-9,12,15-16H2,1-2H3. The van der Waals surface area contributed by atoms with Gasteiger partial charge in [-0.1, -0.05) is 0 Å². The summed E-state index contributed by atoms with van der Waals surface area (Å²) in [7, 11) is 1.60. The first-order chi connectivity index (χ1) is 17.7. The average Bonchev–Trinajstić information content (AvgIpc) is 3.64. The summed E-state index contributed by atoms with van der Waals surface area (Å²) in [5.74, 6) is 1.48. The minimum atomic E-state index is -0.922. The van der Waals surface area contributed by atoms with Crippen molar-refractivity contribution in [3.05, 3.63) is 41.7 Å². The summed E-state index contributed by atoms with van der Waals surface area (Å²) < 4.78 is 39.9. The second-order valence-electron chi connectivity index (χ2n) is 10.8. The number of likely N-dealkylation sites (tertiary alicyclic amines) is 1. The number of rotatable bonds is 9. The molecule has 0 spiro atoms. The maximum absolute atomic E-state index is 14.5. The van der Waals surface area contributed by atoms with Crippen LogP contribution in [0.4, 0.5) is 14.7 Å². The topological polar surface area (TPSA) is 88.0 Å². The molecule has 3 heterocycles. The van der Waals surface area contributed by atoms with Gasteiger partial charge in [0.25, 0.3) is 0 Å². The fourth-order valence-corrected chi connectivity index (χ4v) is 5.66. The zero-order chi connectivity index (χ0) is 26.2. The van der Waals surface area contributed by atoms with Crippen LogP contribution in [0.25, 0.3) is 0 Å². The number of aliphatic hydroxyl groups is 1. The van der Waals surface area contributed by atoms with Gasteiger partial charge in [-0.2, -0.15) is 0 Å². The number of methoxy groups -OCH3 is 1. The maximum atomic E-state index is 14.5. The monoisotopic (exact) mass is 516 g/mol. The molecule has 1 aromatic heterocycles. The highest BCUT2D eigenvalue weighted by Crippen LogP contribution is 2.50. The Kier molecular flexibility index (Phi) is 7.20. The molecule has 3 fully saturated rings. The van der Waals surface area contributed by atoms with Crippen molar-refractivity contribution in [2.75, 3.05) is 44.8 Å². The fourth-order valence-electron chi connectivity index (χ4n) is 5.66. The van der Waals surface area contributed by atoms with Gasteiger partial charge in [0.2, 0.25) is 11.9 Å². The molecule has 37 heavy (non-hydrogen) atoms. The highest BCUT2D eigenvalue weighted by Gasteiger charge is 2.43. The lowest BCUT2D eigenvalue weighted by atomic mass is 9.90. The minimum Gasteiger partial charge on any atom is -0.494 e. The number of nitrogens with zero attached hydrogens (tertiary/aromatic N) is 4. The first kappa shape index (κ1) is 25.6. The van der Waals surface area contributed by atoms with Crippen LogP contribution in [-0.2, 0) is 11.2 Å². The normalized spacial score (nSPS) is 22.9. The summed E-state index contributed by atoms with van der Waals surface area (Å²) in [5, 5.41) is 9.76. The molecule has 1 saturated carbocycles. The lowest BCUT2D eigenvalue weighted by Gasteiger charge is -2.44. The Balaban J connectivity index is 1.04. The Morgan fingerprint density at radius 3 is 2.38 bits per heavy atom. The number of anilines is 1. The molecule has 2 aliphatic heterocycles. The number of halogens is 2. The Hall–Kier alpha value is -3.01. The van der Waals surface area contributed by atoms with Gasteiger partial charge in [0.1, 0.15) is 17.4 Å². The minimum absolute atomic E-state index is 0.142. The van der Waals surface area contributed by atoms with E-state index in [-0.39, 0.29) is 30.8 Å². The van der Waals surface area contributed by atoms with Gasteiger partial charge in [-0.15, -0.1) is 0 Å². The second-order valence-corrected chi connectivity index (χ2v) is 10.8. The molecule has 1 N–H and O–H groups in total. The van der Waals surface area contributed by atoms with E-state index in [1.165, 1.54) is 11.3 Å². The molecule has 8 nitrogen and oxygen atoms in total. The molecule has 5 rings (SSSR count). The molecule has 200 valence electrons. The van der Waals surface area contributed by atoms with E-state index in [0.717, 1.165) is 50.4 Å². The molecule has 2 unspecified atom stereocenters. The lowest BCUT2D eigenvalue weighted by Crippen LogP contribution is -2.62. The highest BCUT2D eigenvalue weighted by atomic mass is 19.1. The summed E-state index contributed by atoms with van der Waals surface area (Å²) in [6.07, 6.45) is 7.23. The molecule has 2 aromatic rings. The number of carbonyl (C=O) groups is 1. The quantitative estimate of drug-likeness (QED) is 0.548. The maximum Gasteiger partial charge on any atom is 0.227 e. The van der Waals surface area contributed by atoms with Crippen LogP contribution < -0.4 is 14.4 Å². The molecule has 10 heteroatoms. The summed E-state index contributed by atoms with van der Waals surface area (Å²) >= 11 is 0. The van der Waals surface area contributed by atoms with E-state index in [2.05, 4.69) is 14.9 Å². The van der Waals surface area contributed by atoms with Crippen LogP contribution in [0.15, 0.2) is 24.5 Å². The molecular formula is C27H34F2N4O4. The Morgan fingerprint density at radius 2 is 1.78 bits per heavy atom. The van der Waals surface area contributed by atoms with Crippen LogP contribution in [0.1, 0.15) is 38.2 Å². The van der Waals surface area contributed by atoms with Crippen LogP contribution in [0.3, 0.4) is 0 Å². The van der Waals surface area contributed by atoms with Crippen molar-refractivity contribution < 1.29 is 28.2 Å². The van der Waals surface area contributed by atoms with Crippen molar-refractivity contribution in [1.29, 1.82) is 0 Å². The number of hydrogen-bond donors (Lipinski definition) is 1. The largest absolute Gasteiger partial charge is 0.494 e. The van der Waals surface area contributed by atoms with Gasteiger partial charge in [0.05, 0.1) is 51.2 Å². The number of amides is 1. The third-order valence-corrected chi connectivity index (χ3v) is 7.87. The lowest BCUT2D eigenvalue weighted by molar-refractivity contribution is -0.151. The van der Waals surface area contributed by atoms with E-state index in [0.29, 0.717) is 30.1 Å². The van der Waals surface area contributed by atoms with E-state index < -0.39 is 23.1 Å². The summed E-state index contributed by atoms with van der Waals surface area (Å²) in [4.78, 5) is 24.6. The smallest absolute Gasteiger partial charge is 0.227 e. The molecule has 2 saturated heterocycles. The highest BCUT2D eigenvalue weighted by molar-refractivity contribution is 5.80. The van der Waals surface area contributed by atoms with E-state index in [4.69, 9.17) is 9.47 Å². The second kappa shape index (κ2) is 10.4. The van der Waals surface area contributed by atoms with Gasteiger partial charge in [-0.25, -0.2) is 18.7 Å². The number of piperidine rings is 1. The van der Waals surface area contributed by atoms with E-state index in [9.17, 15) is 18.7 Å². The number of ether oxygens (including phenoxy) is 2. The third-order valence-electron chi connectivity index (χ3n) is 7.87. The first-order valence-electron chi connectivity index (χ1n) is 12.9. The molecule has 1 aromatic carbocycles. The summed E-state index contributed by atoms with van der Waals surface area (Å²) in [6, 6.07) is 2.30. The van der Waals surface area contributed by atoms with Crippen LogP contribution in [-0.4, -0.2) is 71.4 Å².